The van der Waals surface area contributed by atoms with Crippen molar-refractivity contribution in [3.63, 3.8) is 0 Å². The van der Waals surface area contributed by atoms with Crippen LogP contribution in [0, 0.1) is 0 Å². The average molecular weight is 211 g/mol. The van der Waals surface area contributed by atoms with Crippen molar-refractivity contribution in [3.8, 4) is 0 Å². The van der Waals surface area contributed by atoms with Crippen molar-refractivity contribution in [2.45, 2.75) is 31.9 Å². The van der Waals surface area contributed by atoms with Crippen LogP contribution in [0.5, 0.6) is 0 Å². The maximum atomic E-state index is 12.2. The van der Waals surface area contributed by atoms with Crippen LogP contribution in [0.2, 0.25) is 0 Å². The van der Waals surface area contributed by atoms with Crippen molar-refractivity contribution in [1.82, 2.24) is 4.90 Å². The van der Waals surface area contributed by atoms with Gasteiger partial charge in [-0.1, -0.05) is 25.1 Å². The summed E-state index contributed by atoms with van der Waals surface area (Å²) in [4.78, 5) is 0.428. The number of hydrogen-bond acceptors (Lipinski definition) is 1. The fraction of sp³-hybridized carbons (Fsp3) is 0.875. The van der Waals surface area contributed by atoms with Crippen LogP contribution in [-0.4, -0.2) is 29.2 Å². The molecule has 1 nitrogen and oxygen atoms in total. The Morgan fingerprint density at radius 1 is 1.00 bits per heavy atom. The molecule has 0 bridgehead atoms. The van der Waals surface area contributed by atoms with Crippen molar-refractivity contribution in [3.05, 3.63) is 0 Å². The molecule has 13 heavy (non-hydrogen) atoms. The number of likely N-dealkylation sites (tertiary alicyclic amines) is 1. The SMILES string of the molecule is FC(F)(F)C(=S)N1CCCCCC1. The topological polar surface area (TPSA) is 3.24 Å². The lowest BCUT2D eigenvalue weighted by Gasteiger charge is -2.24. The fourth-order valence-electron chi connectivity index (χ4n) is 1.45. The van der Waals surface area contributed by atoms with Gasteiger partial charge in [0.25, 0.3) is 0 Å². The Balaban J connectivity index is 2.54. The van der Waals surface area contributed by atoms with Gasteiger partial charge in [0.05, 0.1) is 0 Å². The van der Waals surface area contributed by atoms with E-state index in [2.05, 4.69) is 12.2 Å². The number of thiocarbonyl (C=S) groups is 1. The zero-order chi connectivity index (χ0) is 9.90. The zero-order valence-corrected chi connectivity index (χ0v) is 8.05. The number of nitrogens with zero attached hydrogens (tertiary/aromatic N) is 1. The lowest BCUT2D eigenvalue weighted by molar-refractivity contribution is -0.0656. The van der Waals surface area contributed by atoms with Crippen molar-refractivity contribution < 1.29 is 13.2 Å². The average Bonchev–Trinajstić information content (AvgIpc) is 2.28. The fourth-order valence-corrected chi connectivity index (χ4v) is 1.64. The normalized spacial score (nSPS) is 19.8. The quantitative estimate of drug-likeness (QED) is 0.567. The molecule has 76 valence electrons. The molecule has 1 heterocycles. The van der Waals surface area contributed by atoms with Crippen molar-refractivity contribution in [2.24, 2.45) is 0 Å². The molecule has 0 radical (unpaired) electrons. The second-order valence-electron chi connectivity index (χ2n) is 3.20. The van der Waals surface area contributed by atoms with Gasteiger partial charge < -0.3 is 4.90 Å². The third kappa shape index (κ3) is 3.14. The summed E-state index contributed by atoms with van der Waals surface area (Å²) in [6.45, 7) is 0.913. The number of hydrogen-bond donors (Lipinski definition) is 0. The largest absolute Gasteiger partial charge is 0.441 e. The summed E-state index contributed by atoms with van der Waals surface area (Å²) in [6, 6.07) is 0. The highest BCUT2D eigenvalue weighted by molar-refractivity contribution is 7.80. The Kier molecular flexibility index (Phi) is 3.53. The van der Waals surface area contributed by atoms with E-state index in [0.29, 0.717) is 13.1 Å². The maximum absolute atomic E-state index is 12.2. The Hall–Kier alpha value is -0.320. The van der Waals surface area contributed by atoms with Gasteiger partial charge >= 0.3 is 6.18 Å². The molecule has 0 aromatic carbocycles. The molecule has 1 fully saturated rings. The lowest BCUT2D eigenvalue weighted by Crippen LogP contribution is -2.40. The summed E-state index contributed by atoms with van der Waals surface area (Å²) in [7, 11) is 0. The van der Waals surface area contributed by atoms with Crippen LogP contribution in [0.3, 0.4) is 0 Å². The first-order valence-corrected chi connectivity index (χ1v) is 4.79. The standard InChI is InChI=1S/C8H12F3NS/c9-8(10,11)7(13)12-5-3-1-2-4-6-12/h1-6H2. The van der Waals surface area contributed by atoms with Gasteiger partial charge in [-0.3, -0.25) is 0 Å². The second kappa shape index (κ2) is 4.26. The smallest absolute Gasteiger partial charge is 0.359 e. The molecule has 0 amide bonds. The molecule has 5 heteroatoms. The Bertz CT molecular complexity index is 182. The van der Waals surface area contributed by atoms with Crippen molar-refractivity contribution in [2.75, 3.05) is 13.1 Å². The van der Waals surface area contributed by atoms with Crippen LogP contribution >= 0.6 is 12.2 Å². The molecule has 1 aliphatic heterocycles. The van der Waals surface area contributed by atoms with E-state index in [-0.39, 0.29) is 0 Å². The summed E-state index contributed by atoms with van der Waals surface area (Å²) < 4.78 is 36.6. The van der Waals surface area contributed by atoms with Crippen LogP contribution in [0.1, 0.15) is 25.7 Å². The van der Waals surface area contributed by atoms with Crippen molar-refractivity contribution in [1.29, 1.82) is 0 Å². The predicted molar refractivity (Wildman–Crippen MR) is 48.7 cm³/mol. The lowest BCUT2D eigenvalue weighted by atomic mass is 10.2. The Morgan fingerprint density at radius 3 is 1.85 bits per heavy atom. The molecule has 0 aromatic rings. The van der Waals surface area contributed by atoms with Crippen LogP contribution in [0.4, 0.5) is 13.2 Å². The molecule has 0 saturated carbocycles. The van der Waals surface area contributed by atoms with Gasteiger partial charge in [-0.05, 0) is 12.8 Å². The molecular formula is C8H12F3NS. The molecule has 0 N–H and O–H groups in total. The monoisotopic (exact) mass is 211 g/mol. The summed E-state index contributed by atoms with van der Waals surface area (Å²) in [5, 5.41) is 0. The summed E-state index contributed by atoms with van der Waals surface area (Å²) in [6.07, 6.45) is -0.681. The van der Waals surface area contributed by atoms with Gasteiger partial charge in [0.1, 0.15) is 0 Å². The summed E-state index contributed by atoms with van der Waals surface area (Å²) >= 11 is 4.37. The summed E-state index contributed by atoms with van der Waals surface area (Å²) in [5.74, 6) is 0. The third-order valence-corrected chi connectivity index (χ3v) is 2.63. The zero-order valence-electron chi connectivity index (χ0n) is 7.23. The van der Waals surface area contributed by atoms with Gasteiger partial charge in [-0.2, -0.15) is 13.2 Å². The van der Waals surface area contributed by atoms with Gasteiger partial charge in [0.15, 0.2) is 4.99 Å². The van der Waals surface area contributed by atoms with Crippen LogP contribution < -0.4 is 0 Å². The molecule has 0 aliphatic carbocycles. The second-order valence-corrected chi connectivity index (χ2v) is 3.59. The third-order valence-electron chi connectivity index (χ3n) is 2.14. The van der Waals surface area contributed by atoms with E-state index in [1.165, 1.54) is 4.90 Å². The highest BCUT2D eigenvalue weighted by Gasteiger charge is 2.37. The minimum absolute atomic E-state index is 0.457. The van der Waals surface area contributed by atoms with Gasteiger partial charge in [-0.25, -0.2) is 0 Å². The first-order chi connectivity index (χ1) is 6.02. The number of halogens is 3. The van der Waals surface area contributed by atoms with Gasteiger partial charge in [-0.15, -0.1) is 0 Å². The Morgan fingerprint density at radius 2 is 1.46 bits per heavy atom. The first kappa shape index (κ1) is 10.8. The predicted octanol–water partition coefficient (Wildman–Crippen LogP) is 2.75. The van der Waals surface area contributed by atoms with E-state index >= 15 is 0 Å². The molecule has 0 spiro atoms. The van der Waals surface area contributed by atoms with E-state index in [4.69, 9.17) is 0 Å². The minimum Gasteiger partial charge on any atom is -0.359 e. The number of alkyl halides is 3. The molecule has 1 aliphatic rings. The maximum Gasteiger partial charge on any atom is 0.441 e. The first-order valence-electron chi connectivity index (χ1n) is 4.38. The van der Waals surface area contributed by atoms with E-state index in [9.17, 15) is 13.2 Å². The van der Waals surface area contributed by atoms with Crippen LogP contribution in [0.15, 0.2) is 0 Å². The molecule has 0 unspecified atom stereocenters. The van der Waals surface area contributed by atoms with E-state index in [0.717, 1.165) is 25.7 Å². The molecular weight excluding hydrogens is 199 g/mol. The van der Waals surface area contributed by atoms with E-state index in [1.54, 1.807) is 0 Å². The van der Waals surface area contributed by atoms with Crippen molar-refractivity contribution >= 4 is 17.2 Å². The summed E-state index contributed by atoms with van der Waals surface area (Å²) in [5.41, 5.74) is 0. The van der Waals surface area contributed by atoms with Crippen LogP contribution in [-0.2, 0) is 0 Å². The molecule has 1 saturated heterocycles. The van der Waals surface area contributed by atoms with E-state index in [1.807, 2.05) is 0 Å². The van der Waals surface area contributed by atoms with Gasteiger partial charge in [0, 0.05) is 13.1 Å². The minimum atomic E-state index is -4.33. The Labute approximate surface area is 80.9 Å². The molecule has 0 aromatic heterocycles. The molecule has 1 rings (SSSR count). The molecule has 0 atom stereocenters. The van der Waals surface area contributed by atoms with Crippen LogP contribution in [0.25, 0.3) is 0 Å². The highest BCUT2D eigenvalue weighted by atomic mass is 32.1. The van der Waals surface area contributed by atoms with Gasteiger partial charge in [0.2, 0.25) is 0 Å². The highest BCUT2D eigenvalue weighted by Crippen LogP contribution is 2.22. The number of rotatable bonds is 0. The van der Waals surface area contributed by atoms with E-state index < -0.39 is 11.2 Å².